The van der Waals surface area contributed by atoms with Gasteiger partial charge in [-0.3, -0.25) is 0 Å². The second-order valence-corrected chi connectivity index (χ2v) is 4.58. The van der Waals surface area contributed by atoms with Crippen molar-refractivity contribution in [3.05, 3.63) is 46.2 Å². The topological polar surface area (TPSA) is 44.5 Å². The molecular weight excluding hydrogens is 234 g/mol. The van der Waals surface area contributed by atoms with Crippen molar-refractivity contribution in [3.8, 4) is 11.5 Å². The van der Waals surface area contributed by atoms with Gasteiger partial charge < -0.3 is 15.2 Å². The zero-order valence-corrected chi connectivity index (χ0v) is 10.5. The van der Waals surface area contributed by atoms with Crippen molar-refractivity contribution in [2.45, 2.75) is 13.2 Å². The molecule has 0 aliphatic carbocycles. The van der Waals surface area contributed by atoms with Crippen LogP contribution in [-0.4, -0.2) is 7.11 Å². The van der Waals surface area contributed by atoms with Crippen LogP contribution in [0, 0.1) is 0 Å². The highest BCUT2D eigenvalue weighted by atomic mass is 32.1. The van der Waals surface area contributed by atoms with Crippen molar-refractivity contribution in [3.63, 3.8) is 0 Å². The van der Waals surface area contributed by atoms with Gasteiger partial charge in [0.15, 0.2) is 0 Å². The Hall–Kier alpha value is -1.52. The van der Waals surface area contributed by atoms with Gasteiger partial charge in [0.05, 0.1) is 7.11 Å². The van der Waals surface area contributed by atoms with Crippen molar-refractivity contribution in [1.82, 2.24) is 0 Å². The summed E-state index contributed by atoms with van der Waals surface area (Å²) in [5.41, 5.74) is 6.65. The normalized spacial score (nSPS) is 10.2. The summed E-state index contributed by atoms with van der Waals surface area (Å²) in [5, 5.41) is 2.04. The van der Waals surface area contributed by atoms with E-state index < -0.39 is 0 Å². The second kappa shape index (κ2) is 5.70. The summed E-state index contributed by atoms with van der Waals surface area (Å²) in [7, 11) is 1.64. The van der Waals surface area contributed by atoms with Crippen LogP contribution in [0.5, 0.6) is 11.5 Å². The van der Waals surface area contributed by atoms with Gasteiger partial charge in [0.2, 0.25) is 0 Å². The molecule has 0 aliphatic heterocycles. The SMILES string of the molecule is COc1ccc(OCc2cccs2)c(CN)c1. The first-order valence-electron chi connectivity index (χ1n) is 5.35. The lowest BCUT2D eigenvalue weighted by Gasteiger charge is -2.11. The standard InChI is InChI=1S/C13H15NO2S/c1-15-11-4-5-13(10(7-11)8-14)16-9-12-3-2-6-17-12/h2-7H,8-9,14H2,1H3. The molecule has 0 unspecified atom stereocenters. The fourth-order valence-corrected chi connectivity index (χ4v) is 2.14. The molecule has 0 aliphatic rings. The number of benzene rings is 1. The maximum absolute atomic E-state index is 5.75. The Morgan fingerprint density at radius 3 is 2.82 bits per heavy atom. The smallest absolute Gasteiger partial charge is 0.124 e. The van der Waals surface area contributed by atoms with Crippen LogP contribution in [0.4, 0.5) is 0 Å². The summed E-state index contributed by atoms with van der Waals surface area (Å²) >= 11 is 1.68. The molecule has 90 valence electrons. The van der Waals surface area contributed by atoms with Gasteiger partial charge in [0, 0.05) is 17.0 Å². The Labute approximate surface area is 105 Å². The van der Waals surface area contributed by atoms with Gasteiger partial charge in [-0.25, -0.2) is 0 Å². The van der Waals surface area contributed by atoms with E-state index in [0.717, 1.165) is 17.1 Å². The number of thiophene rings is 1. The molecule has 0 atom stereocenters. The molecule has 0 fully saturated rings. The maximum Gasteiger partial charge on any atom is 0.124 e. The Morgan fingerprint density at radius 1 is 1.29 bits per heavy atom. The molecule has 0 bridgehead atoms. The predicted molar refractivity (Wildman–Crippen MR) is 69.5 cm³/mol. The van der Waals surface area contributed by atoms with Gasteiger partial charge >= 0.3 is 0 Å². The van der Waals surface area contributed by atoms with Gasteiger partial charge in [-0.2, -0.15) is 0 Å². The Kier molecular flexibility index (Phi) is 4.01. The molecule has 2 rings (SSSR count). The minimum absolute atomic E-state index is 0.441. The maximum atomic E-state index is 5.75. The van der Waals surface area contributed by atoms with E-state index in [2.05, 4.69) is 6.07 Å². The minimum atomic E-state index is 0.441. The monoisotopic (exact) mass is 249 g/mol. The molecule has 0 spiro atoms. The molecule has 0 radical (unpaired) electrons. The van der Waals surface area contributed by atoms with Crippen molar-refractivity contribution < 1.29 is 9.47 Å². The fraction of sp³-hybridized carbons (Fsp3) is 0.231. The Bertz CT molecular complexity index is 468. The van der Waals surface area contributed by atoms with Crippen LogP contribution in [0.1, 0.15) is 10.4 Å². The number of nitrogens with two attached hydrogens (primary N) is 1. The first-order valence-corrected chi connectivity index (χ1v) is 6.23. The third-order valence-electron chi connectivity index (χ3n) is 2.44. The van der Waals surface area contributed by atoms with Crippen LogP contribution in [-0.2, 0) is 13.2 Å². The molecule has 2 N–H and O–H groups in total. The molecule has 1 aromatic heterocycles. The quantitative estimate of drug-likeness (QED) is 0.886. The van der Waals surface area contributed by atoms with Crippen LogP contribution in [0.25, 0.3) is 0 Å². The Balaban J connectivity index is 2.09. The molecule has 3 nitrogen and oxygen atoms in total. The van der Waals surface area contributed by atoms with Gasteiger partial charge in [0.25, 0.3) is 0 Å². The van der Waals surface area contributed by atoms with Crippen molar-refractivity contribution in [2.24, 2.45) is 5.73 Å². The lowest BCUT2D eigenvalue weighted by Crippen LogP contribution is -2.02. The average molecular weight is 249 g/mol. The van der Waals surface area contributed by atoms with E-state index in [1.165, 1.54) is 4.88 Å². The summed E-state index contributed by atoms with van der Waals surface area (Å²) in [6, 6.07) is 9.75. The van der Waals surface area contributed by atoms with Crippen LogP contribution >= 0.6 is 11.3 Å². The molecule has 1 heterocycles. The van der Waals surface area contributed by atoms with Crippen LogP contribution < -0.4 is 15.2 Å². The second-order valence-electron chi connectivity index (χ2n) is 3.55. The van der Waals surface area contributed by atoms with Gasteiger partial charge in [0.1, 0.15) is 18.1 Å². The van der Waals surface area contributed by atoms with Crippen LogP contribution in [0.15, 0.2) is 35.7 Å². The molecule has 0 saturated carbocycles. The van der Waals surface area contributed by atoms with Crippen molar-refractivity contribution in [2.75, 3.05) is 7.11 Å². The molecular formula is C13H15NO2S. The van der Waals surface area contributed by atoms with E-state index in [0.29, 0.717) is 13.2 Å². The Morgan fingerprint density at radius 2 is 2.18 bits per heavy atom. The van der Waals surface area contributed by atoms with Crippen LogP contribution in [0.3, 0.4) is 0 Å². The molecule has 0 saturated heterocycles. The summed E-state index contributed by atoms with van der Waals surface area (Å²) in [6.07, 6.45) is 0. The first kappa shape index (κ1) is 12.0. The third kappa shape index (κ3) is 2.99. The number of methoxy groups -OCH3 is 1. The zero-order chi connectivity index (χ0) is 12.1. The number of hydrogen-bond donors (Lipinski definition) is 1. The van der Waals surface area contributed by atoms with E-state index in [1.807, 2.05) is 29.6 Å². The van der Waals surface area contributed by atoms with E-state index in [-0.39, 0.29) is 0 Å². The molecule has 0 amide bonds. The van der Waals surface area contributed by atoms with Gasteiger partial charge in [-0.15, -0.1) is 11.3 Å². The highest BCUT2D eigenvalue weighted by Crippen LogP contribution is 2.25. The summed E-state index contributed by atoms with van der Waals surface area (Å²) < 4.78 is 10.9. The summed E-state index contributed by atoms with van der Waals surface area (Å²) in [6.45, 7) is 1.02. The number of ether oxygens (including phenoxy) is 2. The largest absolute Gasteiger partial charge is 0.497 e. The number of hydrogen-bond acceptors (Lipinski definition) is 4. The molecule has 2 aromatic rings. The third-order valence-corrected chi connectivity index (χ3v) is 3.29. The fourth-order valence-electron chi connectivity index (χ4n) is 1.53. The minimum Gasteiger partial charge on any atom is -0.497 e. The predicted octanol–water partition coefficient (Wildman–Crippen LogP) is 2.79. The zero-order valence-electron chi connectivity index (χ0n) is 9.68. The first-order chi connectivity index (χ1) is 8.33. The highest BCUT2D eigenvalue weighted by Gasteiger charge is 2.05. The summed E-state index contributed by atoms with van der Waals surface area (Å²) in [4.78, 5) is 1.20. The van der Waals surface area contributed by atoms with E-state index in [4.69, 9.17) is 15.2 Å². The van der Waals surface area contributed by atoms with E-state index in [1.54, 1.807) is 18.4 Å². The van der Waals surface area contributed by atoms with Gasteiger partial charge in [-0.1, -0.05) is 6.07 Å². The molecule has 4 heteroatoms. The van der Waals surface area contributed by atoms with E-state index in [9.17, 15) is 0 Å². The van der Waals surface area contributed by atoms with Crippen molar-refractivity contribution in [1.29, 1.82) is 0 Å². The average Bonchev–Trinajstić information content (AvgIpc) is 2.89. The molecule has 1 aromatic carbocycles. The van der Waals surface area contributed by atoms with E-state index >= 15 is 0 Å². The van der Waals surface area contributed by atoms with Crippen molar-refractivity contribution >= 4 is 11.3 Å². The molecule has 17 heavy (non-hydrogen) atoms. The number of rotatable bonds is 5. The lowest BCUT2D eigenvalue weighted by molar-refractivity contribution is 0.305. The van der Waals surface area contributed by atoms with Crippen LogP contribution in [0.2, 0.25) is 0 Å². The summed E-state index contributed by atoms with van der Waals surface area (Å²) in [5.74, 6) is 1.62. The van der Waals surface area contributed by atoms with Gasteiger partial charge in [-0.05, 0) is 29.6 Å². The lowest BCUT2D eigenvalue weighted by atomic mass is 10.2. The highest BCUT2D eigenvalue weighted by molar-refractivity contribution is 7.09.